The molecule has 0 aliphatic heterocycles. The molecule has 0 saturated carbocycles. The van der Waals surface area contributed by atoms with E-state index < -0.39 is 12.1 Å². The Morgan fingerprint density at radius 1 is 1.38 bits per heavy atom. The third kappa shape index (κ3) is 4.64. The van der Waals surface area contributed by atoms with Crippen LogP contribution in [0.1, 0.15) is 12.0 Å². The lowest BCUT2D eigenvalue weighted by molar-refractivity contribution is -0.150. The van der Waals surface area contributed by atoms with Crippen LogP contribution >= 0.6 is 11.6 Å². The van der Waals surface area contributed by atoms with Gasteiger partial charge in [-0.1, -0.05) is 30.3 Å². The summed E-state index contributed by atoms with van der Waals surface area (Å²) < 4.78 is 5.14. The summed E-state index contributed by atoms with van der Waals surface area (Å²) in [5.41, 5.74) is 1.11. The average Bonchev–Trinajstić information content (AvgIpc) is 2.30. The summed E-state index contributed by atoms with van der Waals surface area (Å²) in [6.07, 6.45) is 0.398. The van der Waals surface area contributed by atoms with Gasteiger partial charge in [0.15, 0.2) is 6.10 Å². The Bertz CT molecular complexity index is 313. The number of alkyl halides is 1. The van der Waals surface area contributed by atoms with E-state index in [-0.39, 0.29) is 6.61 Å². The van der Waals surface area contributed by atoms with E-state index in [1.807, 2.05) is 30.3 Å². The summed E-state index contributed by atoms with van der Waals surface area (Å²) in [7, 11) is 0. The van der Waals surface area contributed by atoms with Crippen LogP contribution in [0.15, 0.2) is 30.3 Å². The van der Waals surface area contributed by atoms with Crippen LogP contribution in [0.3, 0.4) is 0 Å². The topological polar surface area (TPSA) is 46.5 Å². The van der Waals surface area contributed by atoms with Gasteiger partial charge in [0.2, 0.25) is 0 Å². The predicted molar refractivity (Wildman–Crippen MR) is 62.9 cm³/mol. The molecule has 3 nitrogen and oxygen atoms in total. The minimum Gasteiger partial charge on any atom is -0.479 e. The first kappa shape index (κ1) is 13.0. The van der Waals surface area contributed by atoms with Crippen LogP contribution in [-0.4, -0.2) is 29.7 Å². The molecule has 0 radical (unpaired) electrons. The van der Waals surface area contributed by atoms with Gasteiger partial charge < -0.3 is 9.84 Å². The molecule has 4 heteroatoms. The molecule has 1 unspecified atom stereocenters. The summed E-state index contributed by atoms with van der Waals surface area (Å²) in [5, 5.41) is 8.91. The molecule has 0 aliphatic rings. The van der Waals surface area contributed by atoms with Crippen molar-refractivity contribution in [3.63, 3.8) is 0 Å². The molecular weight excluding hydrogens is 228 g/mol. The first-order chi connectivity index (χ1) is 7.74. The third-order valence-electron chi connectivity index (χ3n) is 2.21. The highest BCUT2D eigenvalue weighted by atomic mass is 35.5. The first-order valence-corrected chi connectivity index (χ1v) is 5.72. The molecule has 1 aromatic carbocycles. The Hall–Kier alpha value is -1.06. The molecule has 1 atom stereocenters. The van der Waals surface area contributed by atoms with Crippen LogP contribution in [0.2, 0.25) is 0 Å². The number of carboxylic acid groups (broad SMARTS) is 1. The summed E-state index contributed by atoms with van der Waals surface area (Å²) in [5.74, 6) is -0.615. The number of hydrogen-bond acceptors (Lipinski definition) is 2. The van der Waals surface area contributed by atoms with Gasteiger partial charge in [0.25, 0.3) is 0 Å². The fourth-order valence-corrected chi connectivity index (χ4v) is 1.50. The van der Waals surface area contributed by atoms with Crippen molar-refractivity contribution in [2.24, 2.45) is 0 Å². The predicted octanol–water partition coefficient (Wildman–Crippen LogP) is 2.33. The second-order valence-electron chi connectivity index (χ2n) is 3.41. The lowest BCUT2D eigenvalue weighted by atomic mass is 10.1. The molecule has 0 bridgehead atoms. The van der Waals surface area contributed by atoms with E-state index in [0.717, 1.165) is 5.56 Å². The standard InChI is InChI=1S/C12H15ClO3/c13-8-9-16-11(12(14)15)7-6-10-4-2-1-3-5-10/h1-5,11H,6-9H2,(H,14,15). The fourth-order valence-electron chi connectivity index (χ4n) is 1.41. The van der Waals surface area contributed by atoms with Gasteiger partial charge in [-0.2, -0.15) is 0 Å². The molecular formula is C12H15ClO3. The molecule has 0 aromatic heterocycles. The minimum atomic E-state index is -0.930. The number of carbonyl (C=O) groups is 1. The van der Waals surface area contributed by atoms with Crippen molar-refractivity contribution in [2.45, 2.75) is 18.9 Å². The van der Waals surface area contributed by atoms with Gasteiger partial charge >= 0.3 is 5.97 Å². The Labute approximate surface area is 100.0 Å². The van der Waals surface area contributed by atoms with Gasteiger partial charge in [0.1, 0.15) is 0 Å². The van der Waals surface area contributed by atoms with E-state index >= 15 is 0 Å². The van der Waals surface area contributed by atoms with E-state index in [1.54, 1.807) is 0 Å². The van der Waals surface area contributed by atoms with Crippen LogP contribution in [0.4, 0.5) is 0 Å². The lowest BCUT2D eigenvalue weighted by Gasteiger charge is -2.12. The Morgan fingerprint density at radius 2 is 2.06 bits per heavy atom. The second kappa shape index (κ2) is 7.25. The Balaban J connectivity index is 2.41. The highest BCUT2D eigenvalue weighted by Gasteiger charge is 2.17. The van der Waals surface area contributed by atoms with Gasteiger partial charge in [-0.15, -0.1) is 11.6 Å². The van der Waals surface area contributed by atoms with Crippen molar-refractivity contribution in [3.05, 3.63) is 35.9 Å². The van der Waals surface area contributed by atoms with E-state index in [2.05, 4.69) is 0 Å². The molecule has 0 spiro atoms. The van der Waals surface area contributed by atoms with E-state index in [1.165, 1.54) is 0 Å². The maximum absolute atomic E-state index is 10.9. The van der Waals surface area contributed by atoms with Crippen molar-refractivity contribution in [1.82, 2.24) is 0 Å². The molecule has 0 fully saturated rings. The van der Waals surface area contributed by atoms with E-state index in [9.17, 15) is 4.79 Å². The normalized spacial score (nSPS) is 12.3. The number of benzene rings is 1. The number of rotatable bonds is 7. The minimum absolute atomic E-state index is 0.271. The van der Waals surface area contributed by atoms with Crippen molar-refractivity contribution in [3.8, 4) is 0 Å². The van der Waals surface area contributed by atoms with Crippen LogP contribution in [0.5, 0.6) is 0 Å². The smallest absolute Gasteiger partial charge is 0.332 e. The fraction of sp³-hybridized carbons (Fsp3) is 0.417. The van der Waals surface area contributed by atoms with Crippen LogP contribution in [0, 0.1) is 0 Å². The first-order valence-electron chi connectivity index (χ1n) is 5.18. The van der Waals surface area contributed by atoms with E-state index in [4.69, 9.17) is 21.4 Å². The molecule has 0 amide bonds. The summed E-state index contributed by atoms with van der Waals surface area (Å²) in [6.45, 7) is 0.271. The molecule has 0 aliphatic carbocycles. The average molecular weight is 243 g/mol. The number of ether oxygens (including phenoxy) is 1. The van der Waals surface area contributed by atoms with Gasteiger partial charge in [-0.05, 0) is 18.4 Å². The number of hydrogen-bond donors (Lipinski definition) is 1. The van der Waals surface area contributed by atoms with Crippen molar-refractivity contribution in [2.75, 3.05) is 12.5 Å². The lowest BCUT2D eigenvalue weighted by Crippen LogP contribution is -2.25. The zero-order chi connectivity index (χ0) is 11.8. The number of halogens is 1. The number of aryl methyl sites for hydroxylation is 1. The van der Waals surface area contributed by atoms with Gasteiger partial charge in [-0.25, -0.2) is 4.79 Å². The maximum Gasteiger partial charge on any atom is 0.332 e. The molecule has 1 rings (SSSR count). The van der Waals surface area contributed by atoms with Gasteiger partial charge in [0, 0.05) is 5.88 Å². The largest absolute Gasteiger partial charge is 0.479 e. The quantitative estimate of drug-likeness (QED) is 0.747. The van der Waals surface area contributed by atoms with Crippen molar-refractivity contribution >= 4 is 17.6 Å². The Kier molecular flexibility index (Phi) is 5.90. The number of carboxylic acids is 1. The molecule has 1 aromatic rings. The van der Waals surface area contributed by atoms with E-state index in [0.29, 0.717) is 18.7 Å². The third-order valence-corrected chi connectivity index (χ3v) is 2.36. The molecule has 1 N–H and O–H groups in total. The zero-order valence-corrected chi connectivity index (χ0v) is 9.69. The van der Waals surface area contributed by atoms with Crippen LogP contribution in [0.25, 0.3) is 0 Å². The van der Waals surface area contributed by atoms with Crippen LogP contribution in [-0.2, 0) is 16.0 Å². The number of aliphatic carboxylic acids is 1. The Morgan fingerprint density at radius 3 is 2.62 bits per heavy atom. The molecule has 88 valence electrons. The van der Waals surface area contributed by atoms with Crippen LogP contribution < -0.4 is 0 Å². The summed E-state index contributed by atoms with van der Waals surface area (Å²) >= 11 is 5.45. The van der Waals surface area contributed by atoms with Crippen molar-refractivity contribution in [1.29, 1.82) is 0 Å². The van der Waals surface area contributed by atoms with Gasteiger partial charge in [-0.3, -0.25) is 0 Å². The van der Waals surface area contributed by atoms with Gasteiger partial charge in [0.05, 0.1) is 6.61 Å². The summed E-state index contributed by atoms with van der Waals surface area (Å²) in [4.78, 5) is 10.9. The zero-order valence-electron chi connectivity index (χ0n) is 8.93. The molecule has 16 heavy (non-hydrogen) atoms. The highest BCUT2D eigenvalue weighted by molar-refractivity contribution is 6.17. The monoisotopic (exact) mass is 242 g/mol. The highest BCUT2D eigenvalue weighted by Crippen LogP contribution is 2.08. The SMILES string of the molecule is O=C(O)C(CCc1ccccc1)OCCCl. The summed E-state index contributed by atoms with van der Waals surface area (Å²) in [6, 6.07) is 9.75. The molecule has 0 heterocycles. The maximum atomic E-state index is 10.9. The second-order valence-corrected chi connectivity index (χ2v) is 3.79. The van der Waals surface area contributed by atoms with Crippen molar-refractivity contribution < 1.29 is 14.6 Å². The molecule has 0 saturated heterocycles.